The number of imide groups is 1. The first-order valence-electron chi connectivity index (χ1n) is 6.80. The molecular formula is C15H16N2O4. The molecule has 6 heteroatoms. The van der Waals surface area contributed by atoms with Crippen molar-refractivity contribution in [3.05, 3.63) is 29.8 Å². The lowest BCUT2D eigenvalue weighted by atomic mass is 9.97. The van der Waals surface area contributed by atoms with E-state index >= 15 is 0 Å². The van der Waals surface area contributed by atoms with Gasteiger partial charge in [0, 0.05) is 6.42 Å². The summed E-state index contributed by atoms with van der Waals surface area (Å²) >= 11 is 0. The van der Waals surface area contributed by atoms with Crippen LogP contribution in [0.15, 0.2) is 24.3 Å². The van der Waals surface area contributed by atoms with Crippen molar-refractivity contribution < 1.29 is 19.1 Å². The third kappa shape index (κ3) is 2.16. The summed E-state index contributed by atoms with van der Waals surface area (Å²) in [6.45, 7) is 3.11. The molecule has 3 amide bonds. The molecule has 1 saturated heterocycles. The van der Waals surface area contributed by atoms with E-state index in [4.69, 9.17) is 4.74 Å². The molecule has 0 bridgehead atoms. The quantitative estimate of drug-likeness (QED) is 0.752. The molecule has 0 spiro atoms. The summed E-state index contributed by atoms with van der Waals surface area (Å²) < 4.78 is 5.65. The highest BCUT2D eigenvalue weighted by Crippen LogP contribution is 2.30. The summed E-state index contributed by atoms with van der Waals surface area (Å²) in [7, 11) is 0. The summed E-state index contributed by atoms with van der Waals surface area (Å²) in [5.41, 5.74) is -0.107. The molecule has 1 N–H and O–H groups in total. The van der Waals surface area contributed by atoms with Crippen LogP contribution in [-0.4, -0.2) is 40.8 Å². The van der Waals surface area contributed by atoms with Crippen LogP contribution in [0, 0.1) is 0 Å². The summed E-state index contributed by atoms with van der Waals surface area (Å²) in [6.07, 6.45) is -0.224. The molecule has 0 saturated carbocycles. The molecule has 3 rings (SSSR count). The highest BCUT2D eigenvalue weighted by molar-refractivity contribution is 6.06. The van der Waals surface area contributed by atoms with Crippen LogP contribution in [0.5, 0.6) is 5.75 Å². The Kier molecular flexibility index (Phi) is 2.97. The molecule has 1 fully saturated rings. The van der Waals surface area contributed by atoms with Gasteiger partial charge in [-0.3, -0.25) is 19.7 Å². The zero-order valence-corrected chi connectivity index (χ0v) is 11.9. The number of carbonyl (C=O) groups excluding carboxylic acids is 3. The standard InChI is InChI=1S/C15H16N2O4/c1-15(2)14(20)16-12(18)8-17(15)13(19)11-7-9-5-3-4-6-10(9)21-11/h3-6,11H,7-8H2,1-2H3,(H,16,18,20). The number of ether oxygens (including phenoxy) is 1. The van der Waals surface area contributed by atoms with Gasteiger partial charge in [0.2, 0.25) is 5.91 Å². The Morgan fingerprint density at radius 2 is 2.05 bits per heavy atom. The van der Waals surface area contributed by atoms with Crippen molar-refractivity contribution in [1.82, 2.24) is 10.2 Å². The Balaban J connectivity index is 1.83. The fourth-order valence-electron chi connectivity index (χ4n) is 2.63. The molecule has 0 aromatic heterocycles. The van der Waals surface area contributed by atoms with Crippen LogP contribution in [0.1, 0.15) is 19.4 Å². The maximum Gasteiger partial charge on any atom is 0.265 e. The second-order valence-electron chi connectivity index (χ2n) is 5.78. The lowest BCUT2D eigenvalue weighted by Crippen LogP contribution is -2.67. The maximum absolute atomic E-state index is 12.6. The number of nitrogens with one attached hydrogen (secondary N) is 1. The van der Waals surface area contributed by atoms with E-state index in [1.807, 2.05) is 24.3 Å². The van der Waals surface area contributed by atoms with Crippen LogP contribution in [0.2, 0.25) is 0 Å². The number of para-hydroxylation sites is 1. The third-order valence-electron chi connectivity index (χ3n) is 3.97. The Morgan fingerprint density at radius 3 is 2.76 bits per heavy atom. The number of hydrogen-bond acceptors (Lipinski definition) is 4. The minimum atomic E-state index is -1.07. The third-order valence-corrected chi connectivity index (χ3v) is 3.97. The van der Waals surface area contributed by atoms with Crippen LogP contribution in [-0.2, 0) is 20.8 Å². The summed E-state index contributed by atoms with van der Waals surface area (Å²) in [5, 5.41) is 2.25. The van der Waals surface area contributed by atoms with Crippen molar-refractivity contribution >= 4 is 17.7 Å². The van der Waals surface area contributed by atoms with E-state index in [1.165, 1.54) is 4.90 Å². The van der Waals surface area contributed by atoms with Crippen LogP contribution < -0.4 is 10.1 Å². The van der Waals surface area contributed by atoms with Crippen LogP contribution in [0.25, 0.3) is 0 Å². The van der Waals surface area contributed by atoms with E-state index in [2.05, 4.69) is 5.32 Å². The van der Waals surface area contributed by atoms with Gasteiger partial charge in [-0.1, -0.05) is 18.2 Å². The average molecular weight is 288 g/mol. The molecule has 21 heavy (non-hydrogen) atoms. The molecule has 0 radical (unpaired) electrons. The van der Waals surface area contributed by atoms with Gasteiger partial charge in [0.05, 0.1) is 0 Å². The Labute approximate surface area is 122 Å². The smallest absolute Gasteiger partial charge is 0.265 e. The van der Waals surface area contributed by atoms with Gasteiger partial charge in [-0.25, -0.2) is 0 Å². The number of piperazine rings is 1. The van der Waals surface area contributed by atoms with Gasteiger partial charge in [-0.2, -0.15) is 0 Å². The first-order valence-corrected chi connectivity index (χ1v) is 6.80. The fourth-order valence-corrected chi connectivity index (χ4v) is 2.63. The number of hydrogen-bond donors (Lipinski definition) is 1. The minimum Gasteiger partial charge on any atom is -0.480 e. The number of fused-ring (bicyclic) bond motifs is 1. The monoisotopic (exact) mass is 288 g/mol. The number of rotatable bonds is 1. The second-order valence-corrected chi connectivity index (χ2v) is 5.78. The summed E-state index contributed by atoms with van der Waals surface area (Å²) in [5.74, 6) is -0.591. The van der Waals surface area contributed by atoms with E-state index in [9.17, 15) is 14.4 Å². The van der Waals surface area contributed by atoms with Crippen molar-refractivity contribution in [3.8, 4) is 5.75 Å². The second kappa shape index (κ2) is 4.58. The first kappa shape index (κ1) is 13.6. The van der Waals surface area contributed by atoms with Crippen LogP contribution in [0.3, 0.4) is 0 Å². The summed E-state index contributed by atoms with van der Waals surface area (Å²) in [6, 6.07) is 7.44. The highest BCUT2D eigenvalue weighted by Gasteiger charge is 2.46. The Bertz CT molecular complexity index is 613. The topological polar surface area (TPSA) is 75.7 Å². The van der Waals surface area contributed by atoms with Crippen molar-refractivity contribution in [2.24, 2.45) is 0 Å². The predicted octanol–water partition coefficient (Wildman–Crippen LogP) is 0.254. The molecule has 6 nitrogen and oxygen atoms in total. The van der Waals surface area contributed by atoms with Crippen molar-refractivity contribution in [2.45, 2.75) is 31.9 Å². The normalized spacial score (nSPS) is 23.3. The SMILES string of the molecule is CC1(C)C(=O)NC(=O)CN1C(=O)C1Cc2ccccc2O1. The predicted molar refractivity (Wildman–Crippen MR) is 73.5 cm³/mol. The largest absolute Gasteiger partial charge is 0.480 e. The van der Waals surface area contributed by atoms with Gasteiger partial charge in [-0.05, 0) is 25.5 Å². The van der Waals surface area contributed by atoms with Gasteiger partial charge < -0.3 is 9.64 Å². The van der Waals surface area contributed by atoms with Gasteiger partial charge in [0.15, 0.2) is 6.10 Å². The number of benzene rings is 1. The molecule has 2 heterocycles. The van der Waals surface area contributed by atoms with Crippen molar-refractivity contribution in [3.63, 3.8) is 0 Å². The van der Waals surface area contributed by atoms with Crippen molar-refractivity contribution in [2.75, 3.05) is 6.54 Å². The Morgan fingerprint density at radius 1 is 1.33 bits per heavy atom. The highest BCUT2D eigenvalue weighted by atomic mass is 16.5. The van der Waals surface area contributed by atoms with E-state index < -0.39 is 23.5 Å². The molecule has 0 aliphatic carbocycles. The van der Waals surface area contributed by atoms with Gasteiger partial charge in [-0.15, -0.1) is 0 Å². The van der Waals surface area contributed by atoms with E-state index in [-0.39, 0.29) is 12.5 Å². The maximum atomic E-state index is 12.6. The molecular weight excluding hydrogens is 272 g/mol. The van der Waals surface area contributed by atoms with E-state index in [1.54, 1.807) is 13.8 Å². The Hall–Kier alpha value is -2.37. The van der Waals surface area contributed by atoms with Gasteiger partial charge >= 0.3 is 0 Å². The zero-order valence-electron chi connectivity index (χ0n) is 11.9. The van der Waals surface area contributed by atoms with Gasteiger partial charge in [0.25, 0.3) is 11.8 Å². The zero-order chi connectivity index (χ0) is 15.2. The van der Waals surface area contributed by atoms with Crippen LogP contribution in [0.4, 0.5) is 0 Å². The lowest BCUT2D eigenvalue weighted by Gasteiger charge is -2.40. The van der Waals surface area contributed by atoms with Gasteiger partial charge in [0.1, 0.15) is 17.8 Å². The van der Waals surface area contributed by atoms with E-state index in [0.29, 0.717) is 12.2 Å². The van der Waals surface area contributed by atoms with Crippen LogP contribution >= 0.6 is 0 Å². The molecule has 2 aliphatic heterocycles. The van der Waals surface area contributed by atoms with E-state index in [0.717, 1.165) is 5.56 Å². The molecule has 1 aromatic carbocycles. The molecule has 1 unspecified atom stereocenters. The number of carbonyl (C=O) groups is 3. The number of nitrogens with zero attached hydrogens (tertiary/aromatic N) is 1. The molecule has 1 atom stereocenters. The molecule has 1 aromatic rings. The molecule has 2 aliphatic rings. The minimum absolute atomic E-state index is 0.131. The fraction of sp³-hybridized carbons (Fsp3) is 0.400. The average Bonchev–Trinajstić information content (AvgIpc) is 2.86. The number of amides is 3. The summed E-state index contributed by atoms with van der Waals surface area (Å²) in [4.78, 5) is 37.4. The van der Waals surface area contributed by atoms with Crippen molar-refractivity contribution in [1.29, 1.82) is 0 Å². The first-order chi connectivity index (χ1) is 9.89. The lowest BCUT2D eigenvalue weighted by molar-refractivity contribution is -0.158. The molecule has 110 valence electrons.